The van der Waals surface area contributed by atoms with E-state index in [4.69, 9.17) is 4.42 Å². The summed E-state index contributed by atoms with van der Waals surface area (Å²) in [6, 6.07) is 1.84. The van der Waals surface area contributed by atoms with Crippen LogP contribution in [0, 0.1) is 5.92 Å². The van der Waals surface area contributed by atoms with Crippen molar-refractivity contribution in [2.45, 2.75) is 12.5 Å². The Bertz CT molecular complexity index is 227. The van der Waals surface area contributed by atoms with Gasteiger partial charge in [0.2, 0.25) is 0 Å². The lowest BCUT2D eigenvalue weighted by molar-refractivity contribution is 0.120. The van der Waals surface area contributed by atoms with E-state index in [9.17, 15) is 5.11 Å². The highest BCUT2D eigenvalue weighted by Crippen LogP contribution is 2.33. The standard InChI is InChI=1S/C9H12O2S/c10-9(7-1-3-11-5-7)8-2-4-12-6-8/h1,3,5,8-10H,2,4,6H2. The second-order valence-electron chi connectivity index (χ2n) is 3.13. The van der Waals surface area contributed by atoms with Gasteiger partial charge in [-0.05, 0) is 29.9 Å². The zero-order valence-electron chi connectivity index (χ0n) is 6.77. The molecule has 1 aliphatic heterocycles. The molecule has 2 nitrogen and oxygen atoms in total. The molecule has 1 fully saturated rings. The first kappa shape index (κ1) is 8.20. The molecule has 1 saturated heterocycles. The van der Waals surface area contributed by atoms with E-state index in [1.807, 2.05) is 17.8 Å². The fourth-order valence-electron chi connectivity index (χ4n) is 1.52. The van der Waals surface area contributed by atoms with Crippen LogP contribution in [0.3, 0.4) is 0 Å². The molecule has 0 radical (unpaired) electrons. The van der Waals surface area contributed by atoms with E-state index in [1.54, 1.807) is 12.5 Å². The zero-order valence-corrected chi connectivity index (χ0v) is 7.59. The van der Waals surface area contributed by atoms with Gasteiger partial charge in [0.15, 0.2) is 0 Å². The van der Waals surface area contributed by atoms with Crippen LogP contribution in [0.25, 0.3) is 0 Å². The molecule has 66 valence electrons. The lowest BCUT2D eigenvalue weighted by Gasteiger charge is -2.14. The summed E-state index contributed by atoms with van der Waals surface area (Å²) in [6.45, 7) is 0. The van der Waals surface area contributed by atoms with Crippen molar-refractivity contribution in [2.24, 2.45) is 5.92 Å². The van der Waals surface area contributed by atoms with Crippen LogP contribution in [0.1, 0.15) is 18.1 Å². The third-order valence-electron chi connectivity index (χ3n) is 2.30. The summed E-state index contributed by atoms with van der Waals surface area (Å²) in [6.07, 6.45) is 4.05. The normalized spacial score (nSPS) is 25.9. The third-order valence-corrected chi connectivity index (χ3v) is 3.48. The predicted octanol–water partition coefficient (Wildman–Crippen LogP) is 2.07. The largest absolute Gasteiger partial charge is 0.472 e. The molecule has 12 heavy (non-hydrogen) atoms. The number of aliphatic hydroxyl groups is 1. The van der Waals surface area contributed by atoms with Crippen molar-refractivity contribution in [2.75, 3.05) is 11.5 Å². The maximum Gasteiger partial charge on any atom is 0.0960 e. The van der Waals surface area contributed by atoms with E-state index in [0.717, 1.165) is 17.7 Å². The number of rotatable bonds is 2. The van der Waals surface area contributed by atoms with Gasteiger partial charge in [-0.3, -0.25) is 0 Å². The highest BCUT2D eigenvalue weighted by Gasteiger charge is 2.25. The van der Waals surface area contributed by atoms with E-state index in [2.05, 4.69) is 0 Å². The highest BCUT2D eigenvalue weighted by molar-refractivity contribution is 7.99. The molecule has 0 amide bonds. The molecule has 0 bridgehead atoms. The number of thioether (sulfide) groups is 1. The Morgan fingerprint density at radius 3 is 3.17 bits per heavy atom. The first-order chi connectivity index (χ1) is 5.88. The Hall–Kier alpha value is -0.410. The van der Waals surface area contributed by atoms with Crippen molar-refractivity contribution in [3.63, 3.8) is 0 Å². The third kappa shape index (κ3) is 1.52. The Morgan fingerprint density at radius 2 is 2.58 bits per heavy atom. The molecule has 2 rings (SSSR count). The van der Waals surface area contributed by atoms with Crippen LogP contribution in [0.15, 0.2) is 23.0 Å². The summed E-state index contributed by atoms with van der Waals surface area (Å²) in [4.78, 5) is 0. The quantitative estimate of drug-likeness (QED) is 0.763. The van der Waals surface area contributed by atoms with Crippen LogP contribution in [0.4, 0.5) is 0 Å². The smallest absolute Gasteiger partial charge is 0.0960 e. The van der Waals surface area contributed by atoms with Crippen LogP contribution in [0.5, 0.6) is 0 Å². The second kappa shape index (κ2) is 3.54. The van der Waals surface area contributed by atoms with E-state index < -0.39 is 0 Å². The lowest BCUT2D eigenvalue weighted by Crippen LogP contribution is -2.10. The van der Waals surface area contributed by atoms with Crippen LogP contribution < -0.4 is 0 Å². The first-order valence-electron chi connectivity index (χ1n) is 4.16. The molecule has 0 spiro atoms. The summed E-state index contributed by atoms with van der Waals surface area (Å²) < 4.78 is 4.93. The van der Waals surface area contributed by atoms with E-state index in [0.29, 0.717) is 5.92 Å². The van der Waals surface area contributed by atoms with Crippen LogP contribution in [-0.2, 0) is 0 Å². The topological polar surface area (TPSA) is 33.4 Å². The van der Waals surface area contributed by atoms with Crippen molar-refractivity contribution in [1.82, 2.24) is 0 Å². The number of hydrogen-bond acceptors (Lipinski definition) is 3. The average Bonchev–Trinajstić information content (AvgIpc) is 2.77. The molecule has 1 aliphatic rings. The van der Waals surface area contributed by atoms with Crippen molar-refractivity contribution in [3.05, 3.63) is 24.2 Å². The maximum absolute atomic E-state index is 9.84. The molecule has 2 heterocycles. The molecule has 3 heteroatoms. The second-order valence-corrected chi connectivity index (χ2v) is 4.28. The maximum atomic E-state index is 9.84. The Morgan fingerprint density at radius 1 is 1.67 bits per heavy atom. The van der Waals surface area contributed by atoms with Gasteiger partial charge < -0.3 is 9.52 Å². The fourth-order valence-corrected chi connectivity index (χ4v) is 2.81. The first-order valence-corrected chi connectivity index (χ1v) is 5.31. The summed E-state index contributed by atoms with van der Waals surface area (Å²) >= 11 is 1.92. The SMILES string of the molecule is OC(c1ccoc1)C1CCSC1. The average molecular weight is 184 g/mol. The summed E-state index contributed by atoms with van der Waals surface area (Å²) in [5.74, 6) is 2.68. The van der Waals surface area contributed by atoms with Gasteiger partial charge in [-0.1, -0.05) is 0 Å². The molecular formula is C9H12O2S. The van der Waals surface area contributed by atoms with Gasteiger partial charge in [0.1, 0.15) is 0 Å². The summed E-state index contributed by atoms with van der Waals surface area (Å²) in [5, 5.41) is 9.84. The fraction of sp³-hybridized carbons (Fsp3) is 0.556. The molecule has 2 atom stereocenters. The van der Waals surface area contributed by atoms with Gasteiger partial charge in [-0.15, -0.1) is 0 Å². The lowest BCUT2D eigenvalue weighted by atomic mass is 9.97. The van der Waals surface area contributed by atoms with E-state index >= 15 is 0 Å². The van der Waals surface area contributed by atoms with Crippen molar-refractivity contribution < 1.29 is 9.52 Å². The van der Waals surface area contributed by atoms with Crippen LogP contribution in [-0.4, -0.2) is 16.6 Å². The van der Waals surface area contributed by atoms with Crippen LogP contribution in [0.2, 0.25) is 0 Å². The van der Waals surface area contributed by atoms with E-state index in [1.165, 1.54) is 5.75 Å². The minimum Gasteiger partial charge on any atom is -0.472 e. The Balaban J connectivity index is 2.04. The van der Waals surface area contributed by atoms with Crippen molar-refractivity contribution >= 4 is 11.8 Å². The molecule has 2 unspecified atom stereocenters. The summed E-state index contributed by atoms with van der Waals surface area (Å²) in [5.41, 5.74) is 0.919. The summed E-state index contributed by atoms with van der Waals surface area (Å²) in [7, 11) is 0. The molecule has 0 aliphatic carbocycles. The Kier molecular flexibility index (Phi) is 2.42. The molecule has 1 aromatic heterocycles. The number of hydrogen-bond donors (Lipinski definition) is 1. The van der Waals surface area contributed by atoms with Crippen molar-refractivity contribution in [1.29, 1.82) is 0 Å². The van der Waals surface area contributed by atoms with Crippen LogP contribution >= 0.6 is 11.8 Å². The molecule has 0 saturated carbocycles. The molecule has 0 aromatic carbocycles. The van der Waals surface area contributed by atoms with E-state index in [-0.39, 0.29) is 6.10 Å². The predicted molar refractivity (Wildman–Crippen MR) is 49.1 cm³/mol. The number of aliphatic hydroxyl groups excluding tert-OH is 1. The molecular weight excluding hydrogens is 172 g/mol. The van der Waals surface area contributed by atoms with Gasteiger partial charge in [-0.25, -0.2) is 0 Å². The minimum atomic E-state index is -0.321. The monoisotopic (exact) mass is 184 g/mol. The van der Waals surface area contributed by atoms with Gasteiger partial charge in [0.25, 0.3) is 0 Å². The number of furan rings is 1. The van der Waals surface area contributed by atoms with Gasteiger partial charge in [-0.2, -0.15) is 11.8 Å². The highest BCUT2D eigenvalue weighted by atomic mass is 32.2. The van der Waals surface area contributed by atoms with Gasteiger partial charge in [0, 0.05) is 5.56 Å². The van der Waals surface area contributed by atoms with Gasteiger partial charge >= 0.3 is 0 Å². The Labute approximate surface area is 76.0 Å². The molecule has 1 N–H and O–H groups in total. The minimum absolute atomic E-state index is 0.321. The zero-order chi connectivity index (χ0) is 8.39. The van der Waals surface area contributed by atoms with Gasteiger partial charge in [0.05, 0.1) is 18.6 Å². The van der Waals surface area contributed by atoms with Crippen molar-refractivity contribution in [3.8, 4) is 0 Å². The molecule has 1 aromatic rings.